The van der Waals surface area contributed by atoms with Crippen LogP contribution in [0.15, 0.2) is 18.2 Å². The number of hydrogen-bond donors (Lipinski definition) is 1. The molecular formula is C10H9FO5. The number of carboxylic acids is 1. The maximum absolute atomic E-state index is 12.8. The third-order valence-corrected chi connectivity index (χ3v) is 1.75. The molecular weight excluding hydrogens is 219 g/mol. The van der Waals surface area contributed by atoms with Gasteiger partial charge < -0.3 is 14.6 Å². The first-order valence-corrected chi connectivity index (χ1v) is 4.27. The molecule has 0 spiro atoms. The Bertz CT molecular complexity index is 416. The number of halogens is 1. The SMILES string of the molecule is COC(=O)COc1ccc(F)cc1C(=O)O. The number of benzene rings is 1. The summed E-state index contributed by atoms with van der Waals surface area (Å²) in [5, 5.41) is 8.75. The van der Waals surface area contributed by atoms with Gasteiger partial charge in [-0.05, 0) is 18.2 Å². The van der Waals surface area contributed by atoms with E-state index >= 15 is 0 Å². The van der Waals surface area contributed by atoms with Crippen LogP contribution in [0.1, 0.15) is 10.4 Å². The molecule has 0 aromatic heterocycles. The second-order valence-electron chi connectivity index (χ2n) is 2.81. The summed E-state index contributed by atoms with van der Waals surface area (Å²) >= 11 is 0. The fourth-order valence-electron chi connectivity index (χ4n) is 0.991. The van der Waals surface area contributed by atoms with E-state index in [4.69, 9.17) is 9.84 Å². The summed E-state index contributed by atoms with van der Waals surface area (Å²) in [6.45, 7) is -0.428. The molecule has 0 fully saturated rings. The molecule has 1 aromatic rings. The number of rotatable bonds is 4. The molecule has 0 aliphatic rings. The molecule has 1 rings (SSSR count). The van der Waals surface area contributed by atoms with Gasteiger partial charge in [0.2, 0.25) is 0 Å². The Labute approximate surface area is 90.4 Å². The van der Waals surface area contributed by atoms with Crippen LogP contribution < -0.4 is 4.74 Å². The second-order valence-corrected chi connectivity index (χ2v) is 2.81. The Morgan fingerprint density at radius 3 is 2.69 bits per heavy atom. The Hall–Kier alpha value is -2.11. The quantitative estimate of drug-likeness (QED) is 0.780. The second kappa shape index (κ2) is 5.11. The average molecular weight is 228 g/mol. The lowest BCUT2D eigenvalue weighted by Crippen LogP contribution is -2.14. The molecule has 16 heavy (non-hydrogen) atoms. The summed E-state index contributed by atoms with van der Waals surface area (Å²) in [7, 11) is 1.18. The predicted octanol–water partition coefficient (Wildman–Crippen LogP) is 1.08. The van der Waals surface area contributed by atoms with Crippen LogP contribution in [0.3, 0.4) is 0 Å². The first-order valence-electron chi connectivity index (χ1n) is 4.27. The van der Waals surface area contributed by atoms with Crippen LogP contribution in [-0.2, 0) is 9.53 Å². The van der Waals surface area contributed by atoms with Crippen molar-refractivity contribution in [1.82, 2.24) is 0 Å². The standard InChI is InChI=1S/C10H9FO5/c1-15-9(12)5-16-8-3-2-6(11)4-7(8)10(13)14/h2-4H,5H2,1H3,(H,13,14). The smallest absolute Gasteiger partial charge is 0.343 e. The Morgan fingerprint density at radius 2 is 2.12 bits per heavy atom. The average Bonchev–Trinajstić information content (AvgIpc) is 2.26. The Kier molecular flexibility index (Phi) is 3.82. The highest BCUT2D eigenvalue weighted by molar-refractivity contribution is 5.91. The van der Waals surface area contributed by atoms with E-state index in [0.29, 0.717) is 0 Å². The van der Waals surface area contributed by atoms with Crippen molar-refractivity contribution < 1.29 is 28.6 Å². The van der Waals surface area contributed by atoms with Crippen LogP contribution >= 0.6 is 0 Å². The van der Waals surface area contributed by atoms with Crippen molar-refractivity contribution in [2.24, 2.45) is 0 Å². The summed E-state index contributed by atoms with van der Waals surface area (Å²) < 4.78 is 22.0. The molecule has 0 aliphatic carbocycles. The number of esters is 1. The van der Waals surface area contributed by atoms with Crippen molar-refractivity contribution in [3.63, 3.8) is 0 Å². The number of ether oxygens (including phenoxy) is 2. The van der Waals surface area contributed by atoms with E-state index < -0.39 is 24.4 Å². The van der Waals surface area contributed by atoms with E-state index in [1.165, 1.54) is 7.11 Å². The van der Waals surface area contributed by atoms with Gasteiger partial charge >= 0.3 is 11.9 Å². The number of aromatic carboxylic acids is 1. The fraction of sp³-hybridized carbons (Fsp3) is 0.200. The number of methoxy groups -OCH3 is 1. The van der Waals surface area contributed by atoms with Crippen molar-refractivity contribution in [3.05, 3.63) is 29.6 Å². The summed E-state index contributed by atoms with van der Waals surface area (Å²) in [6.07, 6.45) is 0. The van der Waals surface area contributed by atoms with Crippen molar-refractivity contribution in [3.8, 4) is 5.75 Å². The van der Waals surface area contributed by atoms with Crippen LogP contribution in [0.4, 0.5) is 4.39 Å². The predicted molar refractivity (Wildman–Crippen MR) is 50.9 cm³/mol. The summed E-state index contributed by atoms with van der Waals surface area (Å²) in [6, 6.07) is 3.00. The van der Waals surface area contributed by atoms with Gasteiger partial charge in [0, 0.05) is 0 Å². The summed E-state index contributed by atoms with van der Waals surface area (Å²) in [5.74, 6) is -2.76. The van der Waals surface area contributed by atoms with Crippen LogP contribution in [0, 0.1) is 5.82 Å². The zero-order valence-electron chi connectivity index (χ0n) is 8.40. The topological polar surface area (TPSA) is 72.8 Å². The number of carbonyl (C=O) groups excluding carboxylic acids is 1. The summed E-state index contributed by atoms with van der Waals surface area (Å²) in [5.41, 5.74) is -0.344. The lowest BCUT2D eigenvalue weighted by molar-refractivity contribution is -0.142. The molecule has 0 unspecified atom stereocenters. The van der Waals surface area contributed by atoms with Gasteiger partial charge in [-0.3, -0.25) is 0 Å². The fourth-order valence-corrected chi connectivity index (χ4v) is 0.991. The van der Waals surface area contributed by atoms with Crippen LogP contribution in [-0.4, -0.2) is 30.8 Å². The first-order chi connectivity index (χ1) is 7.54. The van der Waals surface area contributed by atoms with Gasteiger partial charge in [0.1, 0.15) is 17.1 Å². The van der Waals surface area contributed by atoms with E-state index in [2.05, 4.69) is 4.74 Å². The largest absolute Gasteiger partial charge is 0.481 e. The first kappa shape index (κ1) is 12.0. The summed E-state index contributed by atoms with van der Waals surface area (Å²) in [4.78, 5) is 21.5. The minimum Gasteiger partial charge on any atom is -0.481 e. The highest BCUT2D eigenvalue weighted by Crippen LogP contribution is 2.19. The molecule has 1 aromatic carbocycles. The van der Waals surface area contributed by atoms with Crippen LogP contribution in [0.25, 0.3) is 0 Å². The molecule has 0 atom stereocenters. The molecule has 5 nitrogen and oxygen atoms in total. The molecule has 0 amide bonds. The van der Waals surface area contributed by atoms with Crippen molar-refractivity contribution in [2.45, 2.75) is 0 Å². The van der Waals surface area contributed by atoms with E-state index in [-0.39, 0.29) is 11.3 Å². The van der Waals surface area contributed by atoms with Gasteiger partial charge in [-0.1, -0.05) is 0 Å². The lowest BCUT2D eigenvalue weighted by atomic mass is 10.2. The molecule has 0 bridgehead atoms. The van der Waals surface area contributed by atoms with Gasteiger partial charge in [0.25, 0.3) is 0 Å². The van der Waals surface area contributed by atoms with Gasteiger partial charge in [-0.2, -0.15) is 0 Å². The number of carboxylic acid groups (broad SMARTS) is 1. The van der Waals surface area contributed by atoms with Crippen molar-refractivity contribution >= 4 is 11.9 Å². The van der Waals surface area contributed by atoms with E-state index in [1.807, 2.05) is 0 Å². The molecule has 0 saturated carbocycles. The van der Waals surface area contributed by atoms with Gasteiger partial charge in [0.15, 0.2) is 6.61 Å². The van der Waals surface area contributed by atoms with Crippen molar-refractivity contribution in [1.29, 1.82) is 0 Å². The molecule has 0 saturated heterocycles. The normalized spacial score (nSPS) is 9.62. The van der Waals surface area contributed by atoms with Crippen LogP contribution in [0.2, 0.25) is 0 Å². The number of hydrogen-bond acceptors (Lipinski definition) is 4. The van der Waals surface area contributed by atoms with E-state index in [9.17, 15) is 14.0 Å². The van der Waals surface area contributed by atoms with Gasteiger partial charge in [-0.25, -0.2) is 14.0 Å². The van der Waals surface area contributed by atoms with Gasteiger partial charge in [0.05, 0.1) is 7.11 Å². The lowest BCUT2D eigenvalue weighted by Gasteiger charge is -2.07. The van der Waals surface area contributed by atoms with E-state index in [1.54, 1.807) is 0 Å². The van der Waals surface area contributed by atoms with Gasteiger partial charge in [-0.15, -0.1) is 0 Å². The highest BCUT2D eigenvalue weighted by atomic mass is 19.1. The zero-order chi connectivity index (χ0) is 12.1. The maximum Gasteiger partial charge on any atom is 0.343 e. The molecule has 86 valence electrons. The third-order valence-electron chi connectivity index (χ3n) is 1.75. The monoisotopic (exact) mass is 228 g/mol. The molecule has 1 N–H and O–H groups in total. The maximum atomic E-state index is 12.8. The highest BCUT2D eigenvalue weighted by Gasteiger charge is 2.13. The molecule has 0 aliphatic heterocycles. The molecule has 0 radical (unpaired) electrons. The van der Waals surface area contributed by atoms with E-state index in [0.717, 1.165) is 18.2 Å². The zero-order valence-corrected chi connectivity index (χ0v) is 8.40. The number of carbonyl (C=O) groups is 2. The Morgan fingerprint density at radius 1 is 1.44 bits per heavy atom. The third kappa shape index (κ3) is 2.94. The van der Waals surface area contributed by atoms with Crippen molar-refractivity contribution in [2.75, 3.05) is 13.7 Å². The Balaban J connectivity index is 2.87. The molecule has 6 heteroatoms. The molecule has 0 heterocycles. The minimum atomic E-state index is -1.33. The minimum absolute atomic E-state index is 0.0840. The van der Waals surface area contributed by atoms with Crippen LogP contribution in [0.5, 0.6) is 5.75 Å².